The Bertz CT molecular complexity index is 220. The predicted molar refractivity (Wildman–Crippen MR) is 20.5 cm³/mol. The first kappa shape index (κ1) is 12.9. The van der Waals surface area contributed by atoms with Gasteiger partial charge in [-0.3, -0.25) is 0 Å². The number of quaternary nitrogens is 1. The molecule has 0 saturated heterocycles. The Balaban J connectivity index is 0. The second-order valence-corrected chi connectivity index (χ2v) is 6.64. The zero-order chi connectivity index (χ0) is 7.71. The molecule has 0 aromatic heterocycles. The molecule has 10 heavy (non-hydrogen) atoms. The molecule has 0 atom stereocenters. The molecule has 0 amide bonds. The molecule has 0 saturated carbocycles. The van der Waals surface area contributed by atoms with Gasteiger partial charge >= 0.3 is 52.7 Å². The fourth-order valence-electron chi connectivity index (χ4n) is 0.119. The Morgan fingerprint density at radius 1 is 1.40 bits per heavy atom. The van der Waals surface area contributed by atoms with Crippen LogP contribution < -0.4 is 9.91 Å². The first-order valence-corrected chi connectivity index (χ1v) is 7.75. The Morgan fingerprint density at radius 2 is 1.70 bits per heavy atom. The molecule has 0 aliphatic heterocycles. The van der Waals surface area contributed by atoms with Gasteiger partial charge in [0, 0.05) is 0 Å². The van der Waals surface area contributed by atoms with E-state index in [1.165, 1.54) is 0 Å². The summed E-state index contributed by atoms with van der Waals surface area (Å²) in [5.41, 5.74) is 0. The van der Waals surface area contributed by atoms with E-state index in [-0.39, 0.29) is 6.15 Å². The van der Waals surface area contributed by atoms with E-state index in [0.29, 0.717) is 0 Å². The van der Waals surface area contributed by atoms with Gasteiger partial charge in [-0.05, 0) is 0 Å². The maximum atomic E-state index is 9.57. The van der Waals surface area contributed by atoms with Gasteiger partial charge in [-0.25, -0.2) is 0 Å². The SMILES string of the molecule is O=P(O)(O)[O][W](=[O])(=[O])[O-].[NH4+]. The normalized spacial score (nSPS) is 12.3. The summed E-state index contributed by atoms with van der Waals surface area (Å²) in [4.78, 5) is 15.4. The van der Waals surface area contributed by atoms with Gasteiger partial charge in [-0.2, -0.15) is 0 Å². The molecular weight excluding hydrogens is 341 g/mol. The van der Waals surface area contributed by atoms with Crippen molar-refractivity contribution >= 4 is 7.82 Å². The summed E-state index contributed by atoms with van der Waals surface area (Å²) in [7, 11) is -5.13. The van der Waals surface area contributed by atoms with Crippen molar-refractivity contribution in [2.24, 2.45) is 0 Å². The summed E-state index contributed by atoms with van der Waals surface area (Å²) >= 11 is -6.44. The quantitative estimate of drug-likeness (QED) is 0.513. The largest absolute Gasteiger partial charge is 0.369 e. The molecule has 0 rings (SSSR count). The van der Waals surface area contributed by atoms with E-state index in [1.807, 2.05) is 0 Å². The first-order valence-electron chi connectivity index (χ1n) is 1.43. The minimum absolute atomic E-state index is 0. The number of phosphoric acid groups is 1. The van der Waals surface area contributed by atoms with E-state index < -0.39 is 24.6 Å². The van der Waals surface area contributed by atoms with Gasteiger partial charge in [-0.15, -0.1) is 0 Å². The van der Waals surface area contributed by atoms with Crippen molar-refractivity contribution in [3.63, 3.8) is 0 Å². The maximum Gasteiger partial charge on any atom is -0.369 e. The second-order valence-electron chi connectivity index (χ2n) is 0.973. The second kappa shape index (κ2) is 3.64. The van der Waals surface area contributed by atoms with Crippen LogP contribution in [-0.4, -0.2) is 9.79 Å². The third kappa shape index (κ3) is 11.2. The Kier molecular flexibility index (Phi) is 4.71. The van der Waals surface area contributed by atoms with Crippen molar-refractivity contribution in [3.8, 4) is 0 Å². The maximum absolute atomic E-state index is 9.57. The molecule has 0 fully saturated rings. The van der Waals surface area contributed by atoms with Crippen LogP contribution in [0.1, 0.15) is 0 Å². The predicted octanol–water partition coefficient (Wildman–Crippen LogP) is -1.49. The van der Waals surface area contributed by atoms with Crippen LogP contribution in [-0.2, 0) is 31.3 Å². The van der Waals surface area contributed by atoms with Crippen molar-refractivity contribution < 1.29 is 44.8 Å². The fraction of sp³-hybridized carbons (Fsp3) is 0. The average molecular weight is 347 g/mol. The van der Waals surface area contributed by atoms with Crippen LogP contribution in [0.25, 0.3) is 0 Å². The minimum Gasteiger partial charge on any atom is -0.369 e. The summed E-state index contributed by atoms with van der Waals surface area (Å²) in [5, 5.41) is 0. The van der Waals surface area contributed by atoms with Gasteiger partial charge in [0.1, 0.15) is 0 Å². The molecule has 0 radical (unpaired) electrons. The Hall–Kier alpha value is 0.318. The van der Waals surface area contributed by atoms with Crippen LogP contribution >= 0.6 is 7.82 Å². The molecule has 0 aliphatic rings. The summed E-state index contributed by atoms with van der Waals surface area (Å²) in [5.74, 6) is 0. The van der Waals surface area contributed by atoms with Gasteiger partial charge in [-0.1, -0.05) is 0 Å². The van der Waals surface area contributed by atoms with Crippen LogP contribution in [0, 0.1) is 0 Å². The van der Waals surface area contributed by atoms with Crippen molar-refractivity contribution in [1.29, 1.82) is 0 Å². The van der Waals surface area contributed by atoms with E-state index in [1.54, 1.807) is 0 Å². The molecular formula is H6NO7PW. The molecule has 0 bridgehead atoms. The van der Waals surface area contributed by atoms with Crippen molar-refractivity contribution in [3.05, 3.63) is 0 Å². The van der Waals surface area contributed by atoms with Crippen LogP contribution in [0.4, 0.5) is 0 Å². The molecule has 6 N–H and O–H groups in total. The van der Waals surface area contributed by atoms with Crippen molar-refractivity contribution in [1.82, 2.24) is 6.15 Å². The van der Waals surface area contributed by atoms with E-state index in [0.717, 1.165) is 0 Å². The van der Waals surface area contributed by atoms with E-state index in [4.69, 9.17) is 9.79 Å². The van der Waals surface area contributed by atoms with Gasteiger partial charge in [0.25, 0.3) is 0 Å². The van der Waals surface area contributed by atoms with Gasteiger partial charge in [0.15, 0.2) is 0 Å². The standard InChI is InChI=1S/H3N.H3O4P.3O.W/c;1-5(2,3)4;;;;/h1H3;(H3,1,2,3,4);;;;/q;;;;-1;+1. The van der Waals surface area contributed by atoms with Crippen LogP contribution in [0.15, 0.2) is 0 Å². The Labute approximate surface area is 59.4 Å². The number of rotatable bonds is 2. The van der Waals surface area contributed by atoms with Crippen LogP contribution in [0.3, 0.4) is 0 Å². The molecule has 0 aromatic carbocycles. The summed E-state index contributed by atoms with van der Waals surface area (Å²) in [6.07, 6.45) is 0. The fourth-order valence-corrected chi connectivity index (χ4v) is 2.92. The number of hydrogen-bond donors (Lipinski definition) is 3. The van der Waals surface area contributed by atoms with E-state index >= 15 is 0 Å². The molecule has 0 aromatic rings. The van der Waals surface area contributed by atoms with Crippen LogP contribution in [0.5, 0.6) is 0 Å². The third-order valence-electron chi connectivity index (χ3n) is 0.188. The zero-order valence-corrected chi connectivity index (χ0v) is 8.62. The summed E-state index contributed by atoms with van der Waals surface area (Å²) in [6.45, 7) is 0. The molecule has 64 valence electrons. The van der Waals surface area contributed by atoms with Gasteiger partial charge in [0.2, 0.25) is 0 Å². The first-order chi connectivity index (χ1) is 3.71. The van der Waals surface area contributed by atoms with Crippen LogP contribution in [0.2, 0.25) is 0 Å². The monoisotopic (exact) mass is 347 g/mol. The summed E-state index contributed by atoms with van der Waals surface area (Å²) in [6, 6.07) is 0. The minimum atomic E-state index is -6.44. The third-order valence-corrected chi connectivity index (χ3v) is 4.63. The van der Waals surface area contributed by atoms with E-state index in [9.17, 15) is 15.1 Å². The topological polar surface area (TPSA) is 160 Å². The summed E-state index contributed by atoms with van der Waals surface area (Å²) < 4.78 is 40.9. The molecule has 0 aliphatic carbocycles. The Morgan fingerprint density at radius 3 is 1.70 bits per heavy atom. The van der Waals surface area contributed by atoms with Gasteiger partial charge < -0.3 is 6.15 Å². The molecule has 0 heterocycles. The average Bonchev–Trinajstić information content (AvgIpc) is 1.14. The zero-order valence-electron chi connectivity index (χ0n) is 4.79. The molecule has 0 unspecified atom stereocenters. The van der Waals surface area contributed by atoms with Gasteiger partial charge in [0.05, 0.1) is 0 Å². The smallest absolute Gasteiger partial charge is 0.369 e. The number of hydrogen-bond acceptors (Lipinski definition) is 5. The molecule has 0 spiro atoms. The van der Waals surface area contributed by atoms with Crippen molar-refractivity contribution in [2.45, 2.75) is 0 Å². The van der Waals surface area contributed by atoms with Crippen molar-refractivity contribution in [2.75, 3.05) is 0 Å². The van der Waals surface area contributed by atoms with E-state index in [2.05, 4.69) is 3.18 Å². The molecule has 10 heteroatoms. The molecule has 8 nitrogen and oxygen atoms in total.